The van der Waals surface area contributed by atoms with Crippen LogP contribution in [0.5, 0.6) is 0 Å². The highest BCUT2D eigenvalue weighted by Gasteiger charge is 2.20. The van der Waals surface area contributed by atoms with Gasteiger partial charge >= 0.3 is 0 Å². The Morgan fingerprint density at radius 2 is 1.95 bits per heavy atom. The zero-order chi connectivity index (χ0) is 15.3. The number of aliphatic hydroxyl groups is 1. The molecule has 0 radical (unpaired) electrons. The van der Waals surface area contributed by atoms with Crippen LogP contribution in [0.2, 0.25) is 0 Å². The molecule has 1 unspecified atom stereocenters. The second-order valence-electron chi connectivity index (χ2n) is 5.97. The third-order valence-electron chi connectivity index (χ3n) is 3.70. The maximum Gasteiger partial charge on any atom is 0.231 e. The van der Waals surface area contributed by atoms with E-state index >= 15 is 0 Å². The molecule has 1 fully saturated rings. The number of aromatic nitrogens is 3. The molecule has 4 N–H and O–H groups in total. The van der Waals surface area contributed by atoms with Crippen LogP contribution in [0.1, 0.15) is 46.0 Å². The SMILES string of the molecule is CCCC(C)(O)CNc1nc(N)nc(N2CCCCC2)n1. The van der Waals surface area contributed by atoms with E-state index in [4.69, 9.17) is 5.73 Å². The largest absolute Gasteiger partial charge is 0.388 e. The van der Waals surface area contributed by atoms with Crippen LogP contribution >= 0.6 is 0 Å². The molecule has 1 aliphatic heterocycles. The van der Waals surface area contributed by atoms with E-state index in [2.05, 4.69) is 25.2 Å². The number of nitrogen functional groups attached to an aromatic ring is 1. The smallest absolute Gasteiger partial charge is 0.231 e. The number of nitrogens with one attached hydrogen (secondary N) is 1. The van der Waals surface area contributed by atoms with E-state index in [0.29, 0.717) is 18.4 Å². The van der Waals surface area contributed by atoms with Gasteiger partial charge in [0.2, 0.25) is 17.8 Å². The topological polar surface area (TPSA) is 100 Å². The predicted octanol–water partition coefficient (Wildman–Crippen LogP) is 1.41. The first-order valence-electron chi connectivity index (χ1n) is 7.73. The van der Waals surface area contributed by atoms with Crippen LogP contribution in [-0.4, -0.2) is 45.3 Å². The molecule has 0 aliphatic carbocycles. The Bertz CT molecular complexity index is 459. The van der Waals surface area contributed by atoms with Crippen molar-refractivity contribution < 1.29 is 5.11 Å². The second-order valence-corrected chi connectivity index (χ2v) is 5.97. The molecular formula is C14H26N6O. The van der Waals surface area contributed by atoms with Crippen molar-refractivity contribution in [2.45, 2.75) is 51.6 Å². The molecule has 0 aromatic carbocycles. The maximum absolute atomic E-state index is 10.2. The Labute approximate surface area is 126 Å². The zero-order valence-corrected chi connectivity index (χ0v) is 13.0. The van der Waals surface area contributed by atoms with Crippen LogP contribution in [0.3, 0.4) is 0 Å². The van der Waals surface area contributed by atoms with Gasteiger partial charge in [-0.2, -0.15) is 15.0 Å². The summed E-state index contributed by atoms with van der Waals surface area (Å²) in [7, 11) is 0. The average molecular weight is 294 g/mol. The van der Waals surface area contributed by atoms with Gasteiger partial charge in [0.1, 0.15) is 0 Å². The molecule has 21 heavy (non-hydrogen) atoms. The number of piperidine rings is 1. The van der Waals surface area contributed by atoms with Crippen LogP contribution in [-0.2, 0) is 0 Å². The molecule has 0 bridgehead atoms. The summed E-state index contributed by atoms with van der Waals surface area (Å²) < 4.78 is 0. The van der Waals surface area contributed by atoms with Gasteiger partial charge in [-0.25, -0.2) is 0 Å². The highest BCUT2D eigenvalue weighted by molar-refractivity contribution is 5.42. The summed E-state index contributed by atoms with van der Waals surface area (Å²) in [5, 5.41) is 13.3. The molecule has 2 rings (SSSR count). The van der Waals surface area contributed by atoms with Crippen molar-refractivity contribution in [3.63, 3.8) is 0 Å². The Kier molecular flexibility index (Phi) is 5.17. The number of nitrogens with two attached hydrogens (primary N) is 1. The molecule has 2 heterocycles. The molecule has 1 aromatic rings. The minimum absolute atomic E-state index is 0.211. The minimum Gasteiger partial charge on any atom is -0.388 e. The summed E-state index contributed by atoms with van der Waals surface area (Å²) in [5.41, 5.74) is 5.00. The van der Waals surface area contributed by atoms with E-state index in [9.17, 15) is 5.11 Å². The van der Waals surface area contributed by atoms with Gasteiger partial charge in [-0.3, -0.25) is 0 Å². The first-order chi connectivity index (χ1) is 10.00. The Balaban J connectivity index is 2.04. The standard InChI is InChI=1S/C14H26N6O/c1-3-7-14(2,21)10-16-12-17-11(15)18-13(19-12)20-8-5-4-6-9-20/h21H,3-10H2,1-2H3,(H3,15,16,17,18,19). The van der Waals surface area contributed by atoms with Crippen molar-refractivity contribution in [2.24, 2.45) is 0 Å². The molecule has 0 spiro atoms. The third kappa shape index (κ3) is 4.70. The lowest BCUT2D eigenvalue weighted by atomic mass is 10.0. The summed E-state index contributed by atoms with van der Waals surface area (Å²) in [4.78, 5) is 14.9. The van der Waals surface area contributed by atoms with E-state index in [1.165, 1.54) is 6.42 Å². The molecule has 1 saturated heterocycles. The van der Waals surface area contributed by atoms with Crippen LogP contribution in [0.25, 0.3) is 0 Å². The fraction of sp³-hybridized carbons (Fsp3) is 0.786. The molecule has 1 aliphatic rings. The summed E-state index contributed by atoms with van der Waals surface area (Å²) in [6.45, 7) is 6.15. The predicted molar refractivity (Wildman–Crippen MR) is 84.3 cm³/mol. The fourth-order valence-electron chi connectivity index (χ4n) is 2.59. The van der Waals surface area contributed by atoms with Crippen LogP contribution in [0, 0.1) is 0 Å². The maximum atomic E-state index is 10.2. The quantitative estimate of drug-likeness (QED) is 0.729. The molecule has 7 heteroatoms. The van der Waals surface area contributed by atoms with Crippen molar-refractivity contribution in [3.8, 4) is 0 Å². The highest BCUT2D eigenvalue weighted by atomic mass is 16.3. The highest BCUT2D eigenvalue weighted by Crippen LogP contribution is 2.18. The van der Waals surface area contributed by atoms with Crippen LogP contribution in [0.4, 0.5) is 17.8 Å². The summed E-state index contributed by atoms with van der Waals surface area (Å²) in [6, 6.07) is 0. The van der Waals surface area contributed by atoms with E-state index < -0.39 is 5.60 Å². The third-order valence-corrected chi connectivity index (χ3v) is 3.70. The lowest BCUT2D eigenvalue weighted by Gasteiger charge is -2.27. The number of anilines is 3. The molecule has 118 valence electrons. The lowest BCUT2D eigenvalue weighted by molar-refractivity contribution is 0.0635. The first-order valence-corrected chi connectivity index (χ1v) is 7.73. The van der Waals surface area contributed by atoms with E-state index in [1.54, 1.807) is 6.92 Å². The van der Waals surface area contributed by atoms with Gasteiger partial charge in [0, 0.05) is 19.6 Å². The molecule has 1 aromatic heterocycles. The van der Waals surface area contributed by atoms with Crippen molar-refractivity contribution in [1.82, 2.24) is 15.0 Å². The van der Waals surface area contributed by atoms with Crippen molar-refractivity contribution in [3.05, 3.63) is 0 Å². The normalized spacial score (nSPS) is 18.3. The average Bonchev–Trinajstić information content (AvgIpc) is 2.46. The fourth-order valence-corrected chi connectivity index (χ4v) is 2.59. The number of rotatable bonds is 6. The van der Waals surface area contributed by atoms with Crippen molar-refractivity contribution >= 4 is 17.8 Å². The first kappa shape index (κ1) is 15.8. The molecular weight excluding hydrogens is 268 g/mol. The van der Waals surface area contributed by atoms with Gasteiger partial charge in [0.15, 0.2) is 0 Å². The van der Waals surface area contributed by atoms with Gasteiger partial charge in [0.25, 0.3) is 0 Å². The minimum atomic E-state index is -0.776. The Hall–Kier alpha value is -1.63. The summed E-state index contributed by atoms with van der Waals surface area (Å²) >= 11 is 0. The number of hydrogen-bond acceptors (Lipinski definition) is 7. The van der Waals surface area contributed by atoms with E-state index in [-0.39, 0.29) is 5.95 Å². The van der Waals surface area contributed by atoms with E-state index in [1.807, 2.05) is 6.92 Å². The molecule has 0 saturated carbocycles. The number of nitrogens with zero attached hydrogens (tertiary/aromatic N) is 4. The van der Waals surface area contributed by atoms with Crippen molar-refractivity contribution in [1.29, 1.82) is 0 Å². The monoisotopic (exact) mass is 294 g/mol. The van der Waals surface area contributed by atoms with Crippen LogP contribution in [0.15, 0.2) is 0 Å². The molecule has 1 atom stereocenters. The number of hydrogen-bond donors (Lipinski definition) is 3. The van der Waals surface area contributed by atoms with Gasteiger partial charge in [0.05, 0.1) is 5.60 Å². The zero-order valence-electron chi connectivity index (χ0n) is 13.0. The summed E-state index contributed by atoms with van der Waals surface area (Å²) in [5.74, 6) is 1.27. The Morgan fingerprint density at radius 3 is 2.62 bits per heavy atom. The van der Waals surface area contributed by atoms with E-state index in [0.717, 1.165) is 38.8 Å². The van der Waals surface area contributed by atoms with Gasteiger partial charge in [-0.1, -0.05) is 13.3 Å². The molecule has 0 amide bonds. The van der Waals surface area contributed by atoms with Gasteiger partial charge < -0.3 is 21.1 Å². The van der Waals surface area contributed by atoms with Gasteiger partial charge in [-0.05, 0) is 32.6 Å². The van der Waals surface area contributed by atoms with Crippen molar-refractivity contribution in [2.75, 3.05) is 35.6 Å². The lowest BCUT2D eigenvalue weighted by Crippen LogP contribution is -2.34. The van der Waals surface area contributed by atoms with Crippen LogP contribution < -0.4 is 16.0 Å². The molecule has 7 nitrogen and oxygen atoms in total. The summed E-state index contributed by atoms with van der Waals surface area (Å²) in [6.07, 6.45) is 5.20. The Morgan fingerprint density at radius 1 is 1.24 bits per heavy atom. The second kappa shape index (κ2) is 6.89. The van der Waals surface area contributed by atoms with Gasteiger partial charge in [-0.15, -0.1) is 0 Å².